The lowest BCUT2D eigenvalue weighted by Crippen LogP contribution is -1.94. The van der Waals surface area contributed by atoms with Gasteiger partial charge in [-0.1, -0.05) is 54.6 Å². The lowest BCUT2D eigenvalue weighted by molar-refractivity contribution is 1.13. The molecule has 0 aliphatic rings. The van der Waals surface area contributed by atoms with E-state index in [0.29, 0.717) is 0 Å². The van der Waals surface area contributed by atoms with Gasteiger partial charge in [0.15, 0.2) is 0 Å². The molecule has 9 rings (SSSR count). The zero-order valence-electron chi connectivity index (χ0n) is 24.6. The number of benzene rings is 4. The maximum absolute atomic E-state index is 4.60. The number of rotatable bonds is 4. The van der Waals surface area contributed by atoms with Gasteiger partial charge in [0.2, 0.25) is 0 Å². The highest BCUT2D eigenvalue weighted by Gasteiger charge is 2.17. The Bertz CT molecular complexity index is 2530. The molecule has 0 saturated carbocycles. The topological polar surface area (TPSA) is 48.5 Å². The third kappa shape index (κ3) is 3.98. The third-order valence-corrected chi connectivity index (χ3v) is 8.87. The van der Waals surface area contributed by atoms with Gasteiger partial charge in [-0.3, -0.25) is 15.0 Å². The van der Waals surface area contributed by atoms with E-state index in [-0.39, 0.29) is 0 Å². The molecular weight excluding hydrogens is 550 g/mol. The molecule has 212 valence electrons. The van der Waals surface area contributed by atoms with Crippen LogP contribution < -0.4 is 0 Å². The summed E-state index contributed by atoms with van der Waals surface area (Å²) >= 11 is 0. The van der Waals surface area contributed by atoms with Gasteiger partial charge in [0.25, 0.3) is 0 Å². The summed E-state index contributed by atoms with van der Waals surface area (Å²) in [5.41, 5.74) is 13.4. The van der Waals surface area contributed by atoms with Gasteiger partial charge < -0.3 is 9.13 Å². The van der Waals surface area contributed by atoms with Gasteiger partial charge in [0.05, 0.1) is 27.6 Å². The quantitative estimate of drug-likeness (QED) is 0.209. The van der Waals surface area contributed by atoms with Gasteiger partial charge in [0, 0.05) is 69.6 Å². The van der Waals surface area contributed by atoms with Crippen molar-refractivity contribution in [3.8, 4) is 33.6 Å². The summed E-state index contributed by atoms with van der Waals surface area (Å²) in [6, 6.07) is 40.8. The van der Waals surface area contributed by atoms with Crippen molar-refractivity contribution in [3.63, 3.8) is 0 Å². The van der Waals surface area contributed by atoms with E-state index in [1.54, 1.807) is 0 Å². The number of aryl methyl sites for hydroxylation is 1. The van der Waals surface area contributed by atoms with Crippen LogP contribution in [0.25, 0.3) is 77.4 Å². The minimum Gasteiger partial charge on any atom is -0.316 e. The van der Waals surface area contributed by atoms with Gasteiger partial charge in [-0.2, -0.15) is 0 Å². The van der Waals surface area contributed by atoms with E-state index in [2.05, 4.69) is 134 Å². The van der Waals surface area contributed by atoms with Gasteiger partial charge in [-0.25, -0.2) is 0 Å². The second-order valence-corrected chi connectivity index (χ2v) is 11.5. The first-order chi connectivity index (χ1) is 22.2. The molecule has 5 heteroatoms. The Kier molecular flexibility index (Phi) is 5.65. The van der Waals surface area contributed by atoms with E-state index in [1.807, 2.05) is 43.0 Å². The number of aromatic nitrogens is 5. The third-order valence-electron chi connectivity index (χ3n) is 8.87. The minimum atomic E-state index is 0.895. The predicted molar refractivity (Wildman–Crippen MR) is 184 cm³/mol. The van der Waals surface area contributed by atoms with Crippen LogP contribution in [0.5, 0.6) is 0 Å². The van der Waals surface area contributed by atoms with Crippen molar-refractivity contribution in [3.05, 3.63) is 152 Å². The number of pyridine rings is 3. The summed E-state index contributed by atoms with van der Waals surface area (Å²) in [4.78, 5) is 13.6. The molecule has 0 aliphatic carbocycles. The molecule has 0 radical (unpaired) electrons. The molecule has 0 unspecified atom stereocenters. The molecule has 5 heterocycles. The first-order valence-corrected chi connectivity index (χ1v) is 15.1. The molecule has 4 aromatic carbocycles. The summed E-state index contributed by atoms with van der Waals surface area (Å²) in [6.07, 6.45) is 9.76. The Morgan fingerprint density at radius 1 is 0.556 bits per heavy atom. The van der Waals surface area contributed by atoms with Crippen molar-refractivity contribution in [2.45, 2.75) is 6.92 Å². The van der Waals surface area contributed by atoms with Crippen LogP contribution in [0.2, 0.25) is 0 Å². The zero-order valence-corrected chi connectivity index (χ0v) is 24.6. The summed E-state index contributed by atoms with van der Waals surface area (Å²) in [5, 5.41) is 3.61. The van der Waals surface area contributed by atoms with Crippen LogP contribution >= 0.6 is 0 Å². The van der Waals surface area contributed by atoms with Crippen LogP contribution in [0.4, 0.5) is 0 Å². The fourth-order valence-electron chi connectivity index (χ4n) is 6.78. The van der Waals surface area contributed by atoms with E-state index in [4.69, 9.17) is 0 Å². The monoisotopic (exact) mass is 577 g/mol. The summed E-state index contributed by atoms with van der Waals surface area (Å²) in [5.74, 6) is 0. The number of hydrogen-bond acceptors (Lipinski definition) is 3. The molecular formula is C40H27N5. The highest BCUT2D eigenvalue weighted by molar-refractivity contribution is 6.12. The van der Waals surface area contributed by atoms with Crippen molar-refractivity contribution in [2.75, 3.05) is 0 Å². The van der Waals surface area contributed by atoms with E-state index >= 15 is 0 Å². The summed E-state index contributed by atoms with van der Waals surface area (Å²) in [7, 11) is 0. The maximum atomic E-state index is 4.60. The smallest absolute Gasteiger partial charge is 0.0964 e. The Labute approximate surface area is 259 Å². The minimum absolute atomic E-state index is 0.895. The number of hydrogen-bond donors (Lipinski definition) is 0. The van der Waals surface area contributed by atoms with Gasteiger partial charge in [-0.15, -0.1) is 0 Å². The molecule has 0 N–H and O–H groups in total. The average Bonchev–Trinajstić information content (AvgIpc) is 3.65. The SMILES string of the molecule is Cc1cccc2c3cc(-c4cn(-c5ccc(-c6ccnc7cccnc67)cc5)c5ccncc45)ccc3n(-c3ccccc3)c12. The van der Waals surface area contributed by atoms with Crippen LogP contribution in [0.15, 0.2) is 146 Å². The van der Waals surface area contributed by atoms with E-state index in [1.165, 1.54) is 38.6 Å². The fourth-order valence-corrected chi connectivity index (χ4v) is 6.78. The molecule has 0 fully saturated rings. The highest BCUT2D eigenvalue weighted by Crippen LogP contribution is 2.39. The second kappa shape index (κ2) is 10.00. The van der Waals surface area contributed by atoms with Crippen LogP contribution in [0.1, 0.15) is 5.56 Å². The van der Waals surface area contributed by atoms with E-state index < -0.39 is 0 Å². The lowest BCUT2D eigenvalue weighted by atomic mass is 10.0. The molecule has 5 aromatic heterocycles. The molecule has 0 saturated heterocycles. The first kappa shape index (κ1) is 25.4. The highest BCUT2D eigenvalue weighted by atomic mass is 15.0. The maximum Gasteiger partial charge on any atom is 0.0964 e. The van der Waals surface area contributed by atoms with Gasteiger partial charge in [-0.05, 0) is 84.3 Å². The molecule has 0 bridgehead atoms. The lowest BCUT2D eigenvalue weighted by Gasteiger charge is -2.09. The predicted octanol–water partition coefficient (Wildman–Crippen LogP) is 9.71. The van der Waals surface area contributed by atoms with Crippen molar-refractivity contribution in [1.82, 2.24) is 24.1 Å². The Balaban J connectivity index is 1.19. The van der Waals surface area contributed by atoms with Crippen LogP contribution in [0.3, 0.4) is 0 Å². The Hall–Kier alpha value is -6.07. The van der Waals surface area contributed by atoms with Crippen molar-refractivity contribution in [2.24, 2.45) is 0 Å². The normalized spacial score (nSPS) is 11.7. The van der Waals surface area contributed by atoms with E-state index in [9.17, 15) is 0 Å². The van der Waals surface area contributed by atoms with Crippen LogP contribution in [-0.2, 0) is 0 Å². The van der Waals surface area contributed by atoms with Crippen molar-refractivity contribution < 1.29 is 0 Å². The number of nitrogens with zero attached hydrogens (tertiary/aromatic N) is 5. The molecule has 9 aromatic rings. The molecule has 45 heavy (non-hydrogen) atoms. The molecule has 0 aliphatic heterocycles. The van der Waals surface area contributed by atoms with E-state index in [0.717, 1.165) is 44.3 Å². The summed E-state index contributed by atoms with van der Waals surface area (Å²) < 4.78 is 4.65. The fraction of sp³-hybridized carbons (Fsp3) is 0.0250. The number of fused-ring (bicyclic) bond motifs is 5. The molecule has 0 atom stereocenters. The van der Waals surface area contributed by atoms with Crippen molar-refractivity contribution in [1.29, 1.82) is 0 Å². The first-order valence-electron chi connectivity index (χ1n) is 15.1. The van der Waals surface area contributed by atoms with Crippen LogP contribution in [-0.4, -0.2) is 24.1 Å². The zero-order chi connectivity index (χ0) is 29.9. The van der Waals surface area contributed by atoms with Crippen molar-refractivity contribution >= 4 is 43.7 Å². The summed E-state index contributed by atoms with van der Waals surface area (Å²) in [6.45, 7) is 2.19. The Morgan fingerprint density at radius 3 is 2.31 bits per heavy atom. The molecule has 0 amide bonds. The molecule has 5 nitrogen and oxygen atoms in total. The second-order valence-electron chi connectivity index (χ2n) is 11.5. The van der Waals surface area contributed by atoms with Crippen LogP contribution in [0, 0.1) is 6.92 Å². The van der Waals surface area contributed by atoms with Gasteiger partial charge >= 0.3 is 0 Å². The Morgan fingerprint density at radius 2 is 1.42 bits per heavy atom. The largest absolute Gasteiger partial charge is 0.316 e. The number of para-hydroxylation sites is 2. The standard InChI is InChI=1S/C40H27N5/c1-26-7-5-10-32-33-23-28(14-17-38(33)45(40(26)32)30-8-3-2-4-9-30)35-25-44(37-19-21-41-24-34(35)37)29-15-12-27(13-16-29)31-18-22-42-36-11-6-20-43-39(31)36/h2-25H,1H3. The van der Waals surface area contributed by atoms with Gasteiger partial charge in [0.1, 0.15) is 0 Å². The molecule has 0 spiro atoms. The average molecular weight is 578 g/mol.